The number of hydrogen-bond acceptors (Lipinski definition) is 12. The minimum Gasteiger partial charge on any atom is -0.377 e. The molecule has 6 aromatic rings. The number of aryl methyl sites for hydroxylation is 4. The summed E-state index contributed by atoms with van der Waals surface area (Å²) in [5.74, 6) is 2.35. The predicted octanol–water partition coefficient (Wildman–Crippen LogP) is 7.66. The van der Waals surface area contributed by atoms with Crippen molar-refractivity contribution in [3.8, 4) is 10.0 Å². The van der Waals surface area contributed by atoms with Gasteiger partial charge in [-0.1, -0.05) is 47.5 Å². The minimum atomic E-state index is -0.560. The van der Waals surface area contributed by atoms with E-state index in [-0.39, 0.29) is 24.7 Å². The van der Waals surface area contributed by atoms with Gasteiger partial charge in [0, 0.05) is 55.1 Å². The van der Waals surface area contributed by atoms with Crippen LogP contribution in [0.25, 0.3) is 10.0 Å². The van der Waals surface area contributed by atoms with Gasteiger partial charge in [-0.2, -0.15) is 0 Å². The average Bonchev–Trinajstić information content (AvgIpc) is 3.94. The third kappa shape index (κ3) is 8.90. The molecule has 0 aliphatic carbocycles. The van der Waals surface area contributed by atoms with Gasteiger partial charge < -0.3 is 20.1 Å². The summed E-state index contributed by atoms with van der Waals surface area (Å²) in [5, 5.41) is 26.9. The molecule has 2 aliphatic heterocycles. The number of amides is 2. The number of ether oxygens (including phenoxy) is 2. The van der Waals surface area contributed by atoms with Crippen molar-refractivity contribution in [2.75, 3.05) is 39.5 Å². The van der Waals surface area contributed by atoms with Crippen LogP contribution < -0.4 is 10.6 Å². The number of benzene rings is 2. The molecule has 2 amide bonds. The molecule has 2 aromatic carbocycles. The van der Waals surface area contributed by atoms with Crippen molar-refractivity contribution in [2.24, 2.45) is 9.98 Å². The number of carbonyl (C=O) groups excluding carboxylic acids is 2. The standard InChI is InChI=1S/C44H46Cl2N10O4S2/c1-23-25(3)61-43-37(23)39(29-7-11-31(45)12-8-29)49-33(41-53-51-27(5)55(41)43)21-35(57)47-15-17-59-19-20-60-18-16-48-36(58)22-34-42-54-52-28(6)56(42)44-38(24(2)26(4)62-44)40(50-34)30-9-13-32(46)14-10-30/h7-14,33-34H,15-22H2,1-6H3,(H,47,57)(H,48,58)/t33-,34-/m0/s1. The molecule has 0 bridgehead atoms. The number of aliphatic imine (C=N–C) groups is 2. The number of nitrogens with one attached hydrogen (secondary N) is 2. The van der Waals surface area contributed by atoms with Crippen LogP contribution in [0.1, 0.15) is 91.4 Å². The molecule has 322 valence electrons. The second kappa shape index (κ2) is 18.7. The second-order valence-electron chi connectivity index (χ2n) is 15.1. The summed E-state index contributed by atoms with van der Waals surface area (Å²) < 4.78 is 15.5. The highest BCUT2D eigenvalue weighted by Gasteiger charge is 2.34. The Morgan fingerprint density at radius 3 is 1.37 bits per heavy atom. The molecule has 2 atom stereocenters. The summed E-state index contributed by atoms with van der Waals surface area (Å²) in [5.41, 5.74) is 7.70. The number of halogens is 2. The molecule has 0 radical (unpaired) electrons. The zero-order chi connectivity index (χ0) is 43.7. The lowest BCUT2D eigenvalue weighted by Gasteiger charge is -2.14. The van der Waals surface area contributed by atoms with Gasteiger partial charge in [-0.25, -0.2) is 0 Å². The van der Waals surface area contributed by atoms with E-state index < -0.39 is 12.1 Å². The maximum absolute atomic E-state index is 13.3. The zero-order valence-electron chi connectivity index (χ0n) is 35.2. The number of rotatable bonds is 15. The quantitative estimate of drug-likeness (QED) is 0.0993. The molecule has 0 saturated heterocycles. The van der Waals surface area contributed by atoms with Crippen molar-refractivity contribution in [1.29, 1.82) is 0 Å². The van der Waals surface area contributed by atoms with Crippen molar-refractivity contribution in [2.45, 2.75) is 66.5 Å². The van der Waals surface area contributed by atoms with E-state index in [1.807, 2.05) is 71.5 Å². The molecule has 6 heterocycles. The minimum absolute atomic E-state index is 0.0855. The van der Waals surface area contributed by atoms with Crippen molar-refractivity contribution in [3.63, 3.8) is 0 Å². The first-order valence-corrected chi connectivity index (χ1v) is 22.7. The van der Waals surface area contributed by atoms with Crippen LogP contribution >= 0.6 is 45.9 Å². The molecular formula is C44H46Cl2N10O4S2. The van der Waals surface area contributed by atoms with Gasteiger partial charge in [0.05, 0.1) is 50.7 Å². The van der Waals surface area contributed by atoms with Gasteiger partial charge in [0.1, 0.15) is 33.7 Å². The average molecular weight is 914 g/mol. The summed E-state index contributed by atoms with van der Waals surface area (Å²) in [4.78, 5) is 39.3. The Labute approximate surface area is 377 Å². The van der Waals surface area contributed by atoms with Gasteiger partial charge in [0.25, 0.3) is 0 Å². The van der Waals surface area contributed by atoms with Gasteiger partial charge in [-0.05, 0) is 76.9 Å². The van der Waals surface area contributed by atoms with Crippen molar-refractivity contribution >= 4 is 69.1 Å². The van der Waals surface area contributed by atoms with E-state index in [0.717, 1.165) is 66.5 Å². The molecular weight excluding hydrogens is 868 g/mol. The first-order valence-electron chi connectivity index (χ1n) is 20.3. The van der Waals surface area contributed by atoms with E-state index in [2.05, 4.69) is 58.7 Å². The first-order chi connectivity index (χ1) is 29.9. The monoisotopic (exact) mass is 912 g/mol. The van der Waals surface area contributed by atoms with E-state index >= 15 is 0 Å². The number of thiophene rings is 2. The van der Waals surface area contributed by atoms with E-state index in [0.29, 0.717) is 61.2 Å². The Hall–Kier alpha value is -5.10. The first kappa shape index (κ1) is 43.5. The van der Waals surface area contributed by atoms with Crippen molar-refractivity contribution < 1.29 is 19.1 Å². The van der Waals surface area contributed by atoms with Gasteiger partial charge in [0.15, 0.2) is 11.6 Å². The molecule has 0 unspecified atom stereocenters. The Morgan fingerprint density at radius 2 is 0.984 bits per heavy atom. The second-order valence-corrected chi connectivity index (χ2v) is 18.4. The van der Waals surface area contributed by atoms with Crippen LogP contribution in [0.15, 0.2) is 58.5 Å². The molecule has 0 fully saturated rings. The van der Waals surface area contributed by atoms with Gasteiger partial charge in [0.2, 0.25) is 11.8 Å². The van der Waals surface area contributed by atoms with Gasteiger partial charge >= 0.3 is 0 Å². The van der Waals surface area contributed by atoms with Crippen LogP contribution in [0.5, 0.6) is 0 Å². The maximum atomic E-state index is 13.3. The molecule has 8 rings (SSSR count). The summed E-state index contributed by atoms with van der Waals surface area (Å²) in [6.45, 7) is 14.1. The Bertz CT molecular complexity index is 2520. The van der Waals surface area contributed by atoms with Crippen LogP contribution in [0.4, 0.5) is 0 Å². The van der Waals surface area contributed by atoms with Crippen LogP contribution in [-0.4, -0.2) is 92.3 Å². The number of nitrogens with zero attached hydrogens (tertiary/aromatic N) is 8. The smallest absolute Gasteiger partial charge is 0.222 e. The molecule has 2 aliphatic rings. The number of carbonyl (C=O) groups is 2. The van der Waals surface area contributed by atoms with Crippen LogP contribution in [0.2, 0.25) is 10.0 Å². The highest BCUT2D eigenvalue weighted by atomic mass is 35.5. The summed E-state index contributed by atoms with van der Waals surface area (Å²) in [7, 11) is 0. The Morgan fingerprint density at radius 1 is 0.597 bits per heavy atom. The molecule has 62 heavy (non-hydrogen) atoms. The van der Waals surface area contributed by atoms with Gasteiger partial charge in [-0.15, -0.1) is 43.1 Å². The topological polar surface area (TPSA) is 163 Å². The van der Waals surface area contributed by atoms with Crippen molar-refractivity contribution in [3.05, 3.63) is 125 Å². The highest BCUT2D eigenvalue weighted by molar-refractivity contribution is 7.15. The predicted molar refractivity (Wildman–Crippen MR) is 243 cm³/mol. The fraction of sp³-hybridized carbons (Fsp3) is 0.364. The Kier molecular flexibility index (Phi) is 13.1. The molecule has 0 spiro atoms. The summed E-state index contributed by atoms with van der Waals surface area (Å²) in [6.07, 6.45) is 0.171. The molecule has 18 heteroatoms. The van der Waals surface area contributed by atoms with Crippen LogP contribution in [0, 0.1) is 41.5 Å². The third-order valence-corrected chi connectivity index (χ3v) is 13.9. The molecule has 14 nitrogen and oxygen atoms in total. The largest absolute Gasteiger partial charge is 0.377 e. The lowest BCUT2D eigenvalue weighted by Crippen LogP contribution is -2.30. The van der Waals surface area contributed by atoms with Gasteiger partial charge in [-0.3, -0.25) is 28.7 Å². The molecule has 0 saturated carbocycles. The SMILES string of the molecule is Cc1sc2c(c1C)C(c1ccc(Cl)cc1)=N[C@@H](CC(=O)NCCOCCOCCNC(=O)C[C@@H]1N=C(c3ccc(Cl)cc3)c3c(sc(C)c3C)-n3c(C)nnc31)c1nnc(C)n1-2. The zero-order valence-corrected chi connectivity index (χ0v) is 38.4. The summed E-state index contributed by atoms with van der Waals surface area (Å²) in [6, 6.07) is 14.1. The van der Waals surface area contributed by atoms with E-state index in [4.69, 9.17) is 42.7 Å². The maximum Gasteiger partial charge on any atom is 0.222 e. The van der Waals surface area contributed by atoms with Crippen LogP contribution in [-0.2, 0) is 19.1 Å². The number of aromatic nitrogens is 6. The van der Waals surface area contributed by atoms with Crippen molar-refractivity contribution in [1.82, 2.24) is 40.2 Å². The highest BCUT2D eigenvalue weighted by Crippen LogP contribution is 2.41. The van der Waals surface area contributed by atoms with E-state index in [1.54, 1.807) is 22.7 Å². The van der Waals surface area contributed by atoms with E-state index in [1.165, 1.54) is 9.75 Å². The lowest BCUT2D eigenvalue weighted by atomic mass is 9.99. The fourth-order valence-electron chi connectivity index (χ4n) is 7.61. The fourth-order valence-corrected chi connectivity index (χ4v) is 10.3. The number of fused-ring (bicyclic) bond motifs is 6. The molecule has 2 N–H and O–H groups in total. The number of hydrogen-bond donors (Lipinski definition) is 2. The third-order valence-electron chi connectivity index (χ3n) is 11.0. The lowest BCUT2D eigenvalue weighted by molar-refractivity contribution is -0.122. The van der Waals surface area contributed by atoms with E-state index in [9.17, 15) is 9.59 Å². The Balaban J connectivity index is 0.801. The van der Waals surface area contributed by atoms with Crippen LogP contribution in [0.3, 0.4) is 0 Å². The molecule has 4 aromatic heterocycles. The summed E-state index contributed by atoms with van der Waals surface area (Å²) >= 11 is 15.8. The normalized spacial score (nSPS) is 15.4.